The number of hydrogen-bond donors (Lipinski definition) is 1. The van der Waals surface area contributed by atoms with E-state index < -0.39 is 6.09 Å². The van der Waals surface area contributed by atoms with Gasteiger partial charge in [0.2, 0.25) is 0 Å². The topological polar surface area (TPSA) is 64.6 Å². The van der Waals surface area contributed by atoms with Gasteiger partial charge < -0.3 is 14.8 Å². The maximum Gasteiger partial charge on any atom is 0.407 e. The minimum Gasteiger partial charge on any atom is -0.445 e. The van der Waals surface area contributed by atoms with Crippen molar-refractivity contribution in [2.45, 2.75) is 32.1 Å². The molecule has 0 bridgehead atoms. The number of carbonyl (C=O) groups excluding carboxylic acids is 2. The second kappa shape index (κ2) is 13.6. The number of benzene rings is 3. The monoisotopic (exact) mass is 509 g/mol. The Morgan fingerprint density at radius 2 is 1.39 bits per heavy atom. The number of nitrogens with one attached hydrogen (secondary N) is 1. The fourth-order valence-electron chi connectivity index (χ4n) is 3.33. The van der Waals surface area contributed by atoms with Gasteiger partial charge in [-0.15, -0.1) is 0 Å². The average molecular weight is 510 g/mol. The van der Waals surface area contributed by atoms with Gasteiger partial charge in [0, 0.05) is 18.2 Å². The van der Waals surface area contributed by atoms with Gasteiger partial charge >= 0.3 is 6.09 Å². The summed E-state index contributed by atoms with van der Waals surface area (Å²) in [6.45, 7) is 1.24. The van der Waals surface area contributed by atoms with Gasteiger partial charge in [-0.3, -0.25) is 4.79 Å². The zero-order valence-corrected chi connectivity index (χ0v) is 20.0. The maximum absolute atomic E-state index is 12.4. The zero-order chi connectivity index (χ0) is 23.3. The Morgan fingerprint density at radius 1 is 0.788 bits per heavy atom. The molecule has 0 fully saturated rings. The second-order valence-corrected chi connectivity index (χ2v) is 8.25. The summed E-state index contributed by atoms with van der Waals surface area (Å²) >= 11 is 3.20. The molecule has 0 aliphatic heterocycles. The predicted octanol–water partition coefficient (Wildman–Crippen LogP) is 5.71. The highest BCUT2D eigenvalue weighted by Gasteiger charge is 2.15. The molecule has 3 aromatic carbocycles. The van der Waals surface area contributed by atoms with E-state index in [1.54, 1.807) is 0 Å². The van der Waals surface area contributed by atoms with Gasteiger partial charge in [0.15, 0.2) is 5.78 Å². The number of hydrogen-bond acceptors (Lipinski definition) is 4. The Hall–Kier alpha value is -2.96. The van der Waals surface area contributed by atoms with E-state index in [0.29, 0.717) is 36.9 Å². The first-order valence-electron chi connectivity index (χ1n) is 10.9. The number of halogens is 1. The van der Waals surface area contributed by atoms with Crippen molar-refractivity contribution in [3.8, 4) is 0 Å². The van der Waals surface area contributed by atoms with Crippen LogP contribution >= 0.6 is 15.9 Å². The summed E-state index contributed by atoms with van der Waals surface area (Å²) < 4.78 is 11.2. The molecule has 1 N–H and O–H groups in total. The molecular formula is C27H28BrNO4. The number of amides is 1. The molecule has 172 valence electrons. The van der Waals surface area contributed by atoms with E-state index in [1.807, 2.05) is 84.9 Å². The standard InChI is InChI=1S/C27H28BrNO4/c28-18-26(30)24-13-11-21(12-14-24)17-25(15-16-32-19-22-7-3-1-4-8-22)29-27(31)33-20-23-9-5-2-6-10-23/h1-14,25H,15-20H2,(H,29,31)/t25-/m1/s1. The van der Waals surface area contributed by atoms with Crippen molar-refractivity contribution in [2.75, 3.05) is 11.9 Å². The van der Waals surface area contributed by atoms with Crippen molar-refractivity contribution in [1.82, 2.24) is 5.32 Å². The molecule has 0 saturated heterocycles. The van der Waals surface area contributed by atoms with Crippen molar-refractivity contribution in [1.29, 1.82) is 0 Å². The number of ether oxygens (including phenoxy) is 2. The Kier molecular flexibility index (Phi) is 10.1. The lowest BCUT2D eigenvalue weighted by Crippen LogP contribution is -2.37. The molecule has 1 atom stereocenters. The van der Waals surface area contributed by atoms with Crippen molar-refractivity contribution in [3.63, 3.8) is 0 Å². The lowest BCUT2D eigenvalue weighted by molar-refractivity contribution is 0.102. The van der Waals surface area contributed by atoms with Crippen LogP contribution in [-0.4, -0.2) is 29.9 Å². The normalized spacial score (nSPS) is 11.5. The lowest BCUT2D eigenvalue weighted by atomic mass is 10.0. The number of alkyl carbamates (subject to hydrolysis) is 1. The summed E-state index contributed by atoms with van der Waals surface area (Å²) in [5, 5.41) is 3.26. The zero-order valence-electron chi connectivity index (χ0n) is 18.4. The molecule has 0 aromatic heterocycles. The Morgan fingerprint density at radius 3 is 2.00 bits per heavy atom. The van der Waals surface area contributed by atoms with Crippen LogP contribution in [0, 0.1) is 0 Å². The van der Waals surface area contributed by atoms with E-state index in [0.717, 1.165) is 16.7 Å². The molecule has 0 aliphatic carbocycles. The van der Waals surface area contributed by atoms with E-state index in [1.165, 1.54) is 0 Å². The first-order valence-corrected chi connectivity index (χ1v) is 12.0. The minimum absolute atomic E-state index is 0.0371. The first-order chi connectivity index (χ1) is 16.1. The number of rotatable bonds is 12. The van der Waals surface area contributed by atoms with Crippen LogP contribution in [0.25, 0.3) is 0 Å². The van der Waals surface area contributed by atoms with Crippen molar-refractivity contribution in [3.05, 3.63) is 107 Å². The van der Waals surface area contributed by atoms with Crippen LogP contribution in [0.4, 0.5) is 4.79 Å². The molecule has 0 radical (unpaired) electrons. The summed E-state index contributed by atoms with van der Waals surface area (Å²) in [4.78, 5) is 24.3. The molecule has 0 unspecified atom stereocenters. The van der Waals surface area contributed by atoms with Crippen molar-refractivity contribution >= 4 is 27.8 Å². The molecule has 0 spiro atoms. The highest BCUT2D eigenvalue weighted by atomic mass is 79.9. The van der Waals surface area contributed by atoms with E-state index in [2.05, 4.69) is 21.2 Å². The molecule has 0 saturated carbocycles. The predicted molar refractivity (Wildman–Crippen MR) is 133 cm³/mol. The molecule has 3 aromatic rings. The quantitative estimate of drug-likeness (QED) is 0.193. The smallest absolute Gasteiger partial charge is 0.407 e. The summed E-state index contributed by atoms with van der Waals surface area (Å²) in [6.07, 6.45) is 0.783. The van der Waals surface area contributed by atoms with E-state index >= 15 is 0 Å². The SMILES string of the molecule is O=C(N[C@H](CCOCc1ccccc1)Cc1ccc(C(=O)CBr)cc1)OCc1ccccc1. The highest BCUT2D eigenvalue weighted by molar-refractivity contribution is 9.09. The van der Waals surface area contributed by atoms with Gasteiger partial charge in [-0.2, -0.15) is 0 Å². The number of Topliss-reactive ketones (excluding diaryl/α,β-unsaturated/α-hetero) is 1. The van der Waals surface area contributed by atoms with Gasteiger partial charge in [0.25, 0.3) is 0 Å². The van der Waals surface area contributed by atoms with E-state index in [9.17, 15) is 9.59 Å². The Bertz CT molecular complexity index is 994. The highest BCUT2D eigenvalue weighted by Crippen LogP contribution is 2.12. The van der Waals surface area contributed by atoms with Gasteiger partial charge in [-0.25, -0.2) is 4.79 Å². The van der Waals surface area contributed by atoms with E-state index in [-0.39, 0.29) is 18.4 Å². The fourth-order valence-corrected chi connectivity index (χ4v) is 3.66. The molecule has 33 heavy (non-hydrogen) atoms. The average Bonchev–Trinajstić information content (AvgIpc) is 2.86. The molecule has 3 rings (SSSR count). The lowest BCUT2D eigenvalue weighted by Gasteiger charge is -2.19. The largest absolute Gasteiger partial charge is 0.445 e. The molecule has 1 amide bonds. The molecule has 5 nitrogen and oxygen atoms in total. The molecule has 0 aliphatic rings. The van der Waals surface area contributed by atoms with Crippen LogP contribution < -0.4 is 5.32 Å². The summed E-state index contributed by atoms with van der Waals surface area (Å²) in [5.41, 5.74) is 3.73. The van der Waals surface area contributed by atoms with Crippen molar-refractivity contribution in [2.24, 2.45) is 0 Å². The van der Waals surface area contributed by atoms with Crippen LogP contribution in [0.1, 0.15) is 33.5 Å². The van der Waals surface area contributed by atoms with E-state index in [4.69, 9.17) is 9.47 Å². The summed E-state index contributed by atoms with van der Waals surface area (Å²) in [5.74, 6) is 0.0371. The fraction of sp³-hybridized carbons (Fsp3) is 0.259. The van der Waals surface area contributed by atoms with Crippen LogP contribution in [-0.2, 0) is 29.1 Å². The Labute approximate surface area is 203 Å². The van der Waals surface area contributed by atoms with Gasteiger partial charge in [-0.1, -0.05) is 101 Å². The minimum atomic E-state index is -0.460. The second-order valence-electron chi connectivity index (χ2n) is 7.69. The third kappa shape index (κ3) is 8.83. The molecular weight excluding hydrogens is 482 g/mol. The van der Waals surface area contributed by atoms with Gasteiger partial charge in [0.05, 0.1) is 11.9 Å². The molecule has 0 heterocycles. The van der Waals surface area contributed by atoms with Gasteiger partial charge in [0.1, 0.15) is 6.61 Å². The Balaban J connectivity index is 1.55. The summed E-state index contributed by atoms with van der Waals surface area (Å²) in [7, 11) is 0. The number of alkyl halides is 1. The van der Waals surface area contributed by atoms with Crippen molar-refractivity contribution < 1.29 is 19.1 Å². The van der Waals surface area contributed by atoms with Crippen LogP contribution in [0.2, 0.25) is 0 Å². The van der Waals surface area contributed by atoms with Gasteiger partial charge in [-0.05, 0) is 29.5 Å². The first kappa shape index (κ1) is 24.7. The van der Waals surface area contributed by atoms with Crippen LogP contribution in [0.5, 0.6) is 0 Å². The number of ketones is 1. The molecule has 6 heteroatoms. The third-order valence-corrected chi connectivity index (χ3v) is 5.65. The van der Waals surface area contributed by atoms with Crippen LogP contribution in [0.3, 0.4) is 0 Å². The third-order valence-electron chi connectivity index (χ3n) is 5.14. The number of carbonyl (C=O) groups is 2. The summed E-state index contributed by atoms with van der Waals surface area (Å²) in [6, 6.07) is 26.9. The van der Waals surface area contributed by atoms with Crippen LogP contribution in [0.15, 0.2) is 84.9 Å². The maximum atomic E-state index is 12.4.